The van der Waals surface area contributed by atoms with Crippen molar-refractivity contribution in [1.29, 1.82) is 0 Å². The fourth-order valence-electron chi connectivity index (χ4n) is 2.53. The monoisotopic (exact) mass is 246 g/mol. The van der Waals surface area contributed by atoms with Crippen LogP contribution < -0.4 is 10.6 Å². The summed E-state index contributed by atoms with van der Waals surface area (Å²) < 4.78 is 0. The molecule has 0 bridgehead atoms. The Hall–Kier alpha value is -1.32. The van der Waals surface area contributed by atoms with Crippen LogP contribution in [-0.4, -0.2) is 23.1 Å². The van der Waals surface area contributed by atoms with E-state index in [1.807, 2.05) is 6.07 Å². The van der Waals surface area contributed by atoms with E-state index in [9.17, 15) is 0 Å². The number of hydrogen-bond donors (Lipinski definition) is 1. The summed E-state index contributed by atoms with van der Waals surface area (Å²) in [5.74, 6) is 4.02. The lowest BCUT2D eigenvalue weighted by molar-refractivity contribution is 0.318. The molecule has 2 aliphatic rings. The summed E-state index contributed by atoms with van der Waals surface area (Å²) in [6.45, 7) is 4.31. The minimum atomic E-state index is 0.564. The van der Waals surface area contributed by atoms with Crippen LogP contribution in [0.25, 0.3) is 0 Å². The predicted octanol–water partition coefficient (Wildman–Crippen LogP) is 2.56. The number of nitrogens with zero attached hydrogens (tertiary/aromatic N) is 3. The summed E-state index contributed by atoms with van der Waals surface area (Å²) in [4.78, 5) is 11.4. The van der Waals surface area contributed by atoms with Crippen LogP contribution in [-0.2, 0) is 0 Å². The van der Waals surface area contributed by atoms with Gasteiger partial charge < -0.3 is 10.6 Å². The van der Waals surface area contributed by atoms with Gasteiger partial charge >= 0.3 is 0 Å². The molecule has 1 aromatic rings. The Kier molecular flexibility index (Phi) is 3.10. The molecule has 0 atom stereocenters. The SMILES string of the molecule is CCN(CC1CCC1)c1cc(N)nc(C2CC2)n1. The van der Waals surface area contributed by atoms with E-state index in [0.29, 0.717) is 11.7 Å². The van der Waals surface area contributed by atoms with Gasteiger partial charge in [-0.05, 0) is 38.5 Å². The first-order chi connectivity index (χ1) is 8.76. The van der Waals surface area contributed by atoms with Gasteiger partial charge in [-0.2, -0.15) is 0 Å². The van der Waals surface area contributed by atoms with Crippen LogP contribution in [0.1, 0.15) is 50.8 Å². The van der Waals surface area contributed by atoms with Gasteiger partial charge in [-0.1, -0.05) is 6.42 Å². The predicted molar refractivity (Wildman–Crippen MR) is 73.6 cm³/mol. The summed E-state index contributed by atoms with van der Waals surface area (Å²) in [6.07, 6.45) is 6.57. The van der Waals surface area contributed by atoms with Crippen molar-refractivity contribution in [2.75, 3.05) is 23.7 Å². The minimum Gasteiger partial charge on any atom is -0.384 e. The molecule has 2 aliphatic carbocycles. The third kappa shape index (κ3) is 2.42. The fourth-order valence-corrected chi connectivity index (χ4v) is 2.53. The van der Waals surface area contributed by atoms with Gasteiger partial charge in [-0.25, -0.2) is 9.97 Å². The maximum absolute atomic E-state index is 5.92. The molecule has 2 fully saturated rings. The average molecular weight is 246 g/mol. The maximum atomic E-state index is 5.92. The third-order valence-electron chi connectivity index (χ3n) is 4.10. The van der Waals surface area contributed by atoms with E-state index in [0.717, 1.165) is 30.6 Å². The van der Waals surface area contributed by atoms with Gasteiger partial charge in [0.25, 0.3) is 0 Å². The second-order valence-corrected chi connectivity index (χ2v) is 5.62. The highest BCUT2D eigenvalue weighted by molar-refractivity contribution is 5.47. The fraction of sp³-hybridized carbons (Fsp3) is 0.714. The Morgan fingerprint density at radius 1 is 1.28 bits per heavy atom. The normalized spacial score (nSPS) is 19.6. The number of nitrogen functional groups attached to an aromatic ring is 1. The molecule has 0 spiro atoms. The van der Waals surface area contributed by atoms with Crippen molar-refractivity contribution in [3.63, 3.8) is 0 Å². The second-order valence-electron chi connectivity index (χ2n) is 5.62. The molecule has 1 aromatic heterocycles. The van der Waals surface area contributed by atoms with Crippen molar-refractivity contribution < 1.29 is 0 Å². The number of hydrogen-bond acceptors (Lipinski definition) is 4. The van der Waals surface area contributed by atoms with Gasteiger partial charge in [0, 0.05) is 25.1 Å². The summed E-state index contributed by atoms with van der Waals surface area (Å²) in [5, 5.41) is 0. The van der Waals surface area contributed by atoms with Gasteiger partial charge in [-0.3, -0.25) is 0 Å². The molecule has 0 aliphatic heterocycles. The zero-order valence-electron chi connectivity index (χ0n) is 11.1. The number of rotatable bonds is 5. The van der Waals surface area contributed by atoms with E-state index in [1.165, 1.54) is 32.1 Å². The van der Waals surface area contributed by atoms with Crippen molar-refractivity contribution in [1.82, 2.24) is 9.97 Å². The molecule has 0 aromatic carbocycles. The molecule has 4 nitrogen and oxygen atoms in total. The molecule has 4 heteroatoms. The Balaban J connectivity index is 1.78. The molecule has 0 saturated heterocycles. The van der Waals surface area contributed by atoms with Gasteiger partial charge in [0.2, 0.25) is 0 Å². The molecule has 2 saturated carbocycles. The number of anilines is 2. The first kappa shape index (κ1) is 11.8. The number of aromatic nitrogens is 2. The zero-order chi connectivity index (χ0) is 12.5. The quantitative estimate of drug-likeness (QED) is 0.867. The van der Waals surface area contributed by atoms with Gasteiger partial charge in [-0.15, -0.1) is 0 Å². The summed E-state index contributed by atoms with van der Waals surface area (Å²) >= 11 is 0. The summed E-state index contributed by atoms with van der Waals surface area (Å²) in [5.41, 5.74) is 5.92. The van der Waals surface area contributed by atoms with Crippen LogP contribution in [0, 0.1) is 5.92 Å². The highest BCUT2D eigenvalue weighted by atomic mass is 15.2. The van der Waals surface area contributed by atoms with Crippen LogP contribution >= 0.6 is 0 Å². The molecular formula is C14H22N4. The van der Waals surface area contributed by atoms with Crippen LogP contribution in [0.4, 0.5) is 11.6 Å². The Labute approximate surface area is 109 Å². The summed E-state index contributed by atoms with van der Waals surface area (Å²) in [7, 11) is 0. The largest absolute Gasteiger partial charge is 0.384 e. The summed E-state index contributed by atoms with van der Waals surface area (Å²) in [6, 6.07) is 1.92. The van der Waals surface area contributed by atoms with E-state index in [4.69, 9.17) is 10.7 Å². The molecule has 2 N–H and O–H groups in total. The number of nitrogens with two attached hydrogens (primary N) is 1. The van der Waals surface area contributed by atoms with E-state index < -0.39 is 0 Å². The van der Waals surface area contributed by atoms with E-state index in [2.05, 4.69) is 16.8 Å². The standard InChI is InChI=1S/C14H22N4/c1-2-18(9-10-4-3-5-10)13-8-12(15)16-14(17-13)11-6-7-11/h8,10-11H,2-7,9H2,1H3,(H2,15,16,17). The lowest BCUT2D eigenvalue weighted by atomic mass is 9.85. The van der Waals surface area contributed by atoms with E-state index >= 15 is 0 Å². The van der Waals surface area contributed by atoms with E-state index in [-0.39, 0.29) is 0 Å². The second kappa shape index (κ2) is 4.75. The smallest absolute Gasteiger partial charge is 0.136 e. The van der Waals surface area contributed by atoms with Crippen LogP contribution in [0.2, 0.25) is 0 Å². The topological polar surface area (TPSA) is 55.0 Å². The third-order valence-corrected chi connectivity index (χ3v) is 4.10. The maximum Gasteiger partial charge on any atom is 0.136 e. The lowest BCUT2D eigenvalue weighted by Crippen LogP contribution is -2.33. The first-order valence-corrected chi connectivity index (χ1v) is 7.15. The minimum absolute atomic E-state index is 0.564. The lowest BCUT2D eigenvalue weighted by Gasteiger charge is -2.32. The van der Waals surface area contributed by atoms with Crippen LogP contribution in [0.5, 0.6) is 0 Å². The molecule has 3 rings (SSSR count). The van der Waals surface area contributed by atoms with Crippen molar-refractivity contribution >= 4 is 11.6 Å². The zero-order valence-corrected chi connectivity index (χ0v) is 11.1. The highest BCUT2D eigenvalue weighted by Gasteiger charge is 2.28. The average Bonchev–Trinajstić information content (AvgIpc) is 3.10. The Morgan fingerprint density at radius 3 is 2.61 bits per heavy atom. The Bertz CT molecular complexity index is 424. The molecule has 0 unspecified atom stereocenters. The molecule has 1 heterocycles. The first-order valence-electron chi connectivity index (χ1n) is 7.15. The van der Waals surface area contributed by atoms with Crippen LogP contribution in [0.15, 0.2) is 6.07 Å². The van der Waals surface area contributed by atoms with Crippen molar-refractivity contribution in [2.45, 2.75) is 44.9 Å². The molecule has 18 heavy (non-hydrogen) atoms. The van der Waals surface area contributed by atoms with Gasteiger partial charge in [0.15, 0.2) is 0 Å². The highest BCUT2D eigenvalue weighted by Crippen LogP contribution is 2.39. The molecule has 0 amide bonds. The van der Waals surface area contributed by atoms with Crippen molar-refractivity contribution in [2.24, 2.45) is 5.92 Å². The molecule has 0 radical (unpaired) electrons. The molecular weight excluding hydrogens is 224 g/mol. The van der Waals surface area contributed by atoms with Crippen molar-refractivity contribution in [3.8, 4) is 0 Å². The van der Waals surface area contributed by atoms with E-state index in [1.54, 1.807) is 0 Å². The molecule has 98 valence electrons. The van der Waals surface area contributed by atoms with Crippen molar-refractivity contribution in [3.05, 3.63) is 11.9 Å². The Morgan fingerprint density at radius 2 is 2.06 bits per heavy atom. The van der Waals surface area contributed by atoms with Gasteiger partial charge in [0.05, 0.1) is 0 Å². The van der Waals surface area contributed by atoms with Crippen LogP contribution in [0.3, 0.4) is 0 Å². The van der Waals surface area contributed by atoms with Gasteiger partial charge in [0.1, 0.15) is 17.5 Å².